The van der Waals surface area contributed by atoms with Crippen LogP contribution in [0.2, 0.25) is 0 Å². The molecule has 0 heterocycles. The van der Waals surface area contributed by atoms with Crippen LogP contribution >= 0.6 is 0 Å². The molecule has 98 valence electrons. The number of hydrogen-bond donors (Lipinski definition) is 1. The number of carbonyl (C=O) groups is 1. The molecule has 2 rings (SSSR count). The van der Waals surface area contributed by atoms with Crippen molar-refractivity contribution in [2.75, 3.05) is 6.61 Å². The molecule has 2 aromatic carbocycles. The Balaban J connectivity index is 2.18. The average Bonchev–Trinajstić information content (AvgIpc) is 2.40. The summed E-state index contributed by atoms with van der Waals surface area (Å²) >= 11 is 0. The van der Waals surface area contributed by atoms with Gasteiger partial charge in [-0.05, 0) is 37.3 Å². The summed E-state index contributed by atoms with van der Waals surface area (Å²) in [5.74, 6) is 0.824. The van der Waals surface area contributed by atoms with Crippen LogP contribution < -0.4 is 9.47 Å². The Morgan fingerprint density at radius 2 is 1.68 bits per heavy atom. The maximum Gasteiger partial charge on any atom is 0.335 e. The van der Waals surface area contributed by atoms with Gasteiger partial charge in [0.05, 0.1) is 12.2 Å². The van der Waals surface area contributed by atoms with Gasteiger partial charge in [-0.25, -0.2) is 4.79 Å². The van der Waals surface area contributed by atoms with E-state index in [-0.39, 0.29) is 5.56 Å². The minimum atomic E-state index is -0.978. The van der Waals surface area contributed by atoms with Crippen LogP contribution in [0.1, 0.15) is 17.3 Å². The maximum absolute atomic E-state index is 10.9. The highest BCUT2D eigenvalue weighted by Crippen LogP contribution is 2.25. The summed E-state index contributed by atoms with van der Waals surface area (Å²) in [6.45, 7) is 2.49. The first kappa shape index (κ1) is 13.0. The van der Waals surface area contributed by atoms with Crippen LogP contribution in [0, 0.1) is 0 Å². The lowest BCUT2D eigenvalue weighted by atomic mass is 10.2. The molecule has 0 atom stereocenters. The third kappa shape index (κ3) is 3.48. The lowest BCUT2D eigenvalue weighted by Gasteiger charge is -2.08. The molecular weight excluding hydrogens is 244 g/mol. The van der Waals surface area contributed by atoms with E-state index in [0.717, 1.165) is 5.75 Å². The van der Waals surface area contributed by atoms with Gasteiger partial charge in [-0.3, -0.25) is 0 Å². The van der Waals surface area contributed by atoms with E-state index in [4.69, 9.17) is 14.6 Å². The topological polar surface area (TPSA) is 55.8 Å². The van der Waals surface area contributed by atoms with E-state index in [2.05, 4.69) is 0 Å². The molecule has 0 radical (unpaired) electrons. The van der Waals surface area contributed by atoms with Gasteiger partial charge < -0.3 is 14.6 Å². The summed E-state index contributed by atoms with van der Waals surface area (Å²) in [6.07, 6.45) is 0. The Hall–Kier alpha value is -2.49. The molecule has 4 nitrogen and oxygen atoms in total. The Labute approximate surface area is 111 Å². The van der Waals surface area contributed by atoms with Crippen molar-refractivity contribution in [2.45, 2.75) is 6.92 Å². The van der Waals surface area contributed by atoms with Crippen molar-refractivity contribution in [2.24, 2.45) is 0 Å². The smallest absolute Gasteiger partial charge is 0.335 e. The number of ether oxygens (including phenoxy) is 2. The highest BCUT2D eigenvalue weighted by molar-refractivity contribution is 5.88. The molecule has 2 aromatic rings. The number of benzene rings is 2. The van der Waals surface area contributed by atoms with Crippen molar-refractivity contribution in [3.8, 4) is 17.2 Å². The SMILES string of the molecule is CCOc1cccc(Oc2cccc(C(=O)O)c2)c1. The molecular formula is C15H14O4. The molecule has 0 unspecified atom stereocenters. The van der Waals surface area contributed by atoms with Crippen LogP contribution in [0.4, 0.5) is 0 Å². The molecule has 0 saturated heterocycles. The predicted molar refractivity (Wildman–Crippen MR) is 71.1 cm³/mol. The molecule has 0 fully saturated rings. The molecule has 0 spiro atoms. The summed E-state index contributed by atoms with van der Waals surface area (Å²) in [5.41, 5.74) is 0.193. The van der Waals surface area contributed by atoms with E-state index in [9.17, 15) is 4.79 Å². The predicted octanol–water partition coefficient (Wildman–Crippen LogP) is 3.58. The van der Waals surface area contributed by atoms with Crippen molar-refractivity contribution >= 4 is 5.97 Å². The summed E-state index contributed by atoms with van der Waals surface area (Å²) in [4.78, 5) is 10.9. The summed E-state index contributed by atoms with van der Waals surface area (Å²) in [6, 6.07) is 13.6. The molecule has 0 aliphatic carbocycles. The van der Waals surface area contributed by atoms with Gasteiger partial charge in [0.15, 0.2) is 0 Å². The van der Waals surface area contributed by atoms with Gasteiger partial charge in [0, 0.05) is 6.07 Å². The van der Waals surface area contributed by atoms with Gasteiger partial charge in [-0.1, -0.05) is 12.1 Å². The minimum Gasteiger partial charge on any atom is -0.494 e. The van der Waals surface area contributed by atoms with Crippen LogP contribution in [0.3, 0.4) is 0 Å². The molecule has 0 aliphatic rings. The van der Waals surface area contributed by atoms with Crippen LogP contribution in [-0.2, 0) is 0 Å². The van der Waals surface area contributed by atoms with Crippen LogP contribution in [0.5, 0.6) is 17.2 Å². The van der Waals surface area contributed by atoms with E-state index in [1.165, 1.54) is 12.1 Å². The van der Waals surface area contributed by atoms with Gasteiger partial charge in [-0.2, -0.15) is 0 Å². The number of rotatable bonds is 5. The summed E-state index contributed by atoms with van der Waals surface area (Å²) < 4.78 is 11.0. The molecule has 0 aromatic heterocycles. The average molecular weight is 258 g/mol. The second-order valence-corrected chi connectivity index (χ2v) is 3.84. The van der Waals surface area contributed by atoms with Gasteiger partial charge in [-0.15, -0.1) is 0 Å². The largest absolute Gasteiger partial charge is 0.494 e. The van der Waals surface area contributed by atoms with E-state index in [1.807, 2.05) is 19.1 Å². The fourth-order valence-corrected chi connectivity index (χ4v) is 1.62. The molecule has 0 aliphatic heterocycles. The quantitative estimate of drug-likeness (QED) is 0.890. The number of carboxylic acid groups (broad SMARTS) is 1. The minimum absolute atomic E-state index is 0.193. The molecule has 0 bridgehead atoms. The van der Waals surface area contributed by atoms with Crippen molar-refractivity contribution < 1.29 is 19.4 Å². The molecule has 19 heavy (non-hydrogen) atoms. The Morgan fingerprint density at radius 1 is 1.05 bits per heavy atom. The van der Waals surface area contributed by atoms with Crippen LogP contribution in [0.15, 0.2) is 48.5 Å². The van der Waals surface area contributed by atoms with Gasteiger partial charge in [0.1, 0.15) is 17.2 Å². The molecule has 0 amide bonds. The fourth-order valence-electron chi connectivity index (χ4n) is 1.62. The fraction of sp³-hybridized carbons (Fsp3) is 0.133. The molecule has 0 saturated carbocycles. The molecule has 4 heteroatoms. The summed E-state index contributed by atoms with van der Waals surface area (Å²) in [5, 5.41) is 8.91. The van der Waals surface area contributed by atoms with Crippen LogP contribution in [0.25, 0.3) is 0 Å². The number of carboxylic acids is 1. The number of aromatic carboxylic acids is 1. The summed E-state index contributed by atoms with van der Waals surface area (Å²) in [7, 11) is 0. The zero-order valence-corrected chi connectivity index (χ0v) is 10.5. The van der Waals surface area contributed by atoms with Crippen molar-refractivity contribution in [3.05, 3.63) is 54.1 Å². The third-order valence-corrected chi connectivity index (χ3v) is 2.43. The number of hydrogen-bond acceptors (Lipinski definition) is 3. The van der Waals surface area contributed by atoms with Crippen molar-refractivity contribution in [1.82, 2.24) is 0 Å². The van der Waals surface area contributed by atoms with E-state index < -0.39 is 5.97 Å². The second kappa shape index (κ2) is 5.91. The third-order valence-electron chi connectivity index (χ3n) is 2.43. The normalized spacial score (nSPS) is 9.95. The second-order valence-electron chi connectivity index (χ2n) is 3.84. The Morgan fingerprint density at radius 3 is 2.37 bits per heavy atom. The standard InChI is InChI=1S/C15H14O4/c1-2-18-12-6-4-8-14(10-12)19-13-7-3-5-11(9-13)15(16)17/h3-10H,2H2,1H3,(H,16,17). The lowest BCUT2D eigenvalue weighted by molar-refractivity contribution is 0.0696. The maximum atomic E-state index is 10.9. The van der Waals surface area contributed by atoms with E-state index in [0.29, 0.717) is 18.1 Å². The van der Waals surface area contributed by atoms with Crippen molar-refractivity contribution in [3.63, 3.8) is 0 Å². The van der Waals surface area contributed by atoms with Crippen molar-refractivity contribution in [1.29, 1.82) is 0 Å². The van der Waals surface area contributed by atoms with Crippen LogP contribution in [-0.4, -0.2) is 17.7 Å². The first-order valence-electron chi connectivity index (χ1n) is 5.93. The highest BCUT2D eigenvalue weighted by atomic mass is 16.5. The van der Waals surface area contributed by atoms with E-state index >= 15 is 0 Å². The first-order chi connectivity index (χ1) is 9.19. The monoisotopic (exact) mass is 258 g/mol. The first-order valence-corrected chi connectivity index (χ1v) is 5.93. The van der Waals surface area contributed by atoms with Gasteiger partial charge in [0.25, 0.3) is 0 Å². The van der Waals surface area contributed by atoms with E-state index in [1.54, 1.807) is 24.3 Å². The molecule has 1 N–H and O–H groups in total. The Kier molecular flexibility index (Phi) is 4.03. The van der Waals surface area contributed by atoms with Gasteiger partial charge in [0.2, 0.25) is 0 Å². The highest BCUT2D eigenvalue weighted by Gasteiger charge is 2.05. The zero-order chi connectivity index (χ0) is 13.7. The lowest BCUT2D eigenvalue weighted by Crippen LogP contribution is -1.96. The Bertz CT molecular complexity index is 578. The van der Waals surface area contributed by atoms with Gasteiger partial charge >= 0.3 is 5.97 Å². The zero-order valence-electron chi connectivity index (χ0n) is 10.5.